The van der Waals surface area contributed by atoms with E-state index < -0.39 is 0 Å². The molecule has 4 nitrogen and oxygen atoms in total. The molecule has 1 amide bonds. The molecule has 0 radical (unpaired) electrons. The molecule has 1 rings (SSSR count). The first kappa shape index (κ1) is 10.9. The van der Waals surface area contributed by atoms with Crippen molar-refractivity contribution in [3.8, 4) is 0 Å². The van der Waals surface area contributed by atoms with Crippen LogP contribution in [0.3, 0.4) is 0 Å². The largest absolute Gasteiger partial charge is 0.311 e. The van der Waals surface area contributed by atoms with Gasteiger partial charge in [0.15, 0.2) is 0 Å². The summed E-state index contributed by atoms with van der Waals surface area (Å²) < 4.78 is 0. The molecular formula is C9H12ClN3O. The number of pyridine rings is 1. The predicted octanol–water partition coefficient (Wildman–Crippen LogP) is 1.20. The fraction of sp³-hybridized carbons (Fsp3) is 0.333. The van der Waals surface area contributed by atoms with E-state index in [4.69, 9.17) is 11.6 Å². The van der Waals surface area contributed by atoms with E-state index in [0.29, 0.717) is 10.8 Å². The van der Waals surface area contributed by atoms with Crippen molar-refractivity contribution in [2.75, 3.05) is 18.9 Å². The standard InChI is InChI=1S/C9H12ClN3O/c1-6-3-7(10)4-12-9(6)13-8(14)5-11-2/h3-4,11H,5H2,1-2H3,(H,12,13,14). The molecule has 5 heteroatoms. The Labute approximate surface area is 87.7 Å². The fourth-order valence-electron chi connectivity index (χ4n) is 1.01. The molecule has 76 valence electrons. The summed E-state index contributed by atoms with van der Waals surface area (Å²) in [6.07, 6.45) is 1.50. The molecule has 0 atom stereocenters. The normalized spacial score (nSPS) is 9.93. The Morgan fingerprint density at radius 3 is 2.93 bits per heavy atom. The summed E-state index contributed by atoms with van der Waals surface area (Å²) in [7, 11) is 1.71. The van der Waals surface area contributed by atoms with Gasteiger partial charge < -0.3 is 10.6 Å². The van der Waals surface area contributed by atoms with Crippen molar-refractivity contribution >= 4 is 23.3 Å². The zero-order valence-electron chi connectivity index (χ0n) is 8.10. The maximum absolute atomic E-state index is 11.2. The zero-order valence-corrected chi connectivity index (χ0v) is 8.85. The van der Waals surface area contributed by atoms with Crippen LogP contribution in [-0.2, 0) is 4.79 Å². The van der Waals surface area contributed by atoms with E-state index in [1.807, 2.05) is 6.92 Å². The van der Waals surface area contributed by atoms with Gasteiger partial charge in [0.2, 0.25) is 5.91 Å². The number of likely N-dealkylation sites (N-methyl/N-ethyl adjacent to an activating group) is 1. The van der Waals surface area contributed by atoms with E-state index in [2.05, 4.69) is 15.6 Å². The number of nitrogens with one attached hydrogen (secondary N) is 2. The molecule has 0 aliphatic rings. The van der Waals surface area contributed by atoms with Gasteiger partial charge in [-0.3, -0.25) is 4.79 Å². The highest BCUT2D eigenvalue weighted by molar-refractivity contribution is 6.30. The van der Waals surface area contributed by atoms with Crippen molar-refractivity contribution < 1.29 is 4.79 Å². The van der Waals surface area contributed by atoms with Gasteiger partial charge in [-0.1, -0.05) is 11.6 Å². The Hall–Kier alpha value is -1.13. The third kappa shape index (κ3) is 2.97. The molecule has 0 saturated carbocycles. The first-order valence-electron chi connectivity index (χ1n) is 4.20. The molecule has 0 aliphatic heterocycles. The van der Waals surface area contributed by atoms with E-state index >= 15 is 0 Å². The quantitative estimate of drug-likeness (QED) is 0.794. The molecule has 0 aliphatic carbocycles. The van der Waals surface area contributed by atoms with Gasteiger partial charge in [0.25, 0.3) is 0 Å². The maximum atomic E-state index is 11.2. The second kappa shape index (κ2) is 4.93. The van der Waals surface area contributed by atoms with E-state index in [9.17, 15) is 4.79 Å². The lowest BCUT2D eigenvalue weighted by Gasteiger charge is -2.06. The lowest BCUT2D eigenvalue weighted by atomic mass is 10.3. The number of aromatic nitrogens is 1. The Bertz CT molecular complexity index is 341. The molecule has 1 aromatic heterocycles. The van der Waals surface area contributed by atoms with E-state index in [0.717, 1.165) is 5.56 Å². The van der Waals surface area contributed by atoms with Crippen LogP contribution in [0, 0.1) is 6.92 Å². The molecule has 1 heterocycles. The van der Waals surface area contributed by atoms with Crippen molar-refractivity contribution in [3.05, 3.63) is 22.8 Å². The summed E-state index contributed by atoms with van der Waals surface area (Å²) in [5, 5.41) is 5.98. The third-order valence-corrected chi connectivity index (χ3v) is 1.85. The highest BCUT2D eigenvalue weighted by Crippen LogP contribution is 2.15. The van der Waals surface area contributed by atoms with Crippen molar-refractivity contribution in [1.29, 1.82) is 0 Å². The van der Waals surface area contributed by atoms with Gasteiger partial charge in [-0.2, -0.15) is 0 Å². The summed E-state index contributed by atoms with van der Waals surface area (Å²) in [4.78, 5) is 15.2. The number of aryl methyl sites for hydroxylation is 1. The zero-order chi connectivity index (χ0) is 10.6. The topological polar surface area (TPSA) is 54.0 Å². The molecule has 1 aromatic rings. The number of anilines is 1. The van der Waals surface area contributed by atoms with Gasteiger partial charge in [0.05, 0.1) is 11.6 Å². The Morgan fingerprint density at radius 2 is 2.36 bits per heavy atom. The molecule has 0 aromatic carbocycles. The summed E-state index contributed by atoms with van der Waals surface area (Å²) >= 11 is 5.73. The van der Waals surface area contributed by atoms with E-state index in [-0.39, 0.29) is 12.5 Å². The number of rotatable bonds is 3. The average molecular weight is 214 g/mol. The van der Waals surface area contributed by atoms with Crippen LogP contribution >= 0.6 is 11.6 Å². The maximum Gasteiger partial charge on any atom is 0.239 e. The minimum absolute atomic E-state index is 0.120. The minimum Gasteiger partial charge on any atom is -0.311 e. The van der Waals surface area contributed by atoms with Gasteiger partial charge in [0.1, 0.15) is 5.82 Å². The molecule has 14 heavy (non-hydrogen) atoms. The molecule has 0 saturated heterocycles. The first-order valence-corrected chi connectivity index (χ1v) is 4.58. The number of nitrogens with zero attached hydrogens (tertiary/aromatic N) is 1. The molecule has 0 bridgehead atoms. The number of carbonyl (C=O) groups is 1. The molecule has 0 spiro atoms. The molecule has 2 N–H and O–H groups in total. The van der Waals surface area contributed by atoms with Gasteiger partial charge in [-0.15, -0.1) is 0 Å². The van der Waals surface area contributed by atoms with Gasteiger partial charge in [-0.25, -0.2) is 4.98 Å². The van der Waals surface area contributed by atoms with Crippen molar-refractivity contribution in [2.45, 2.75) is 6.92 Å². The first-order chi connectivity index (χ1) is 6.63. The summed E-state index contributed by atoms with van der Waals surface area (Å²) in [5.41, 5.74) is 0.849. The average Bonchev–Trinajstić information content (AvgIpc) is 2.10. The van der Waals surface area contributed by atoms with Gasteiger partial charge in [0, 0.05) is 6.20 Å². The van der Waals surface area contributed by atoms with Crippen LogP contribution in [0.1, 0.15) is 5.56 Å². The van der Waals surface area contributed by atoms with Gasteiger partial charge >= 0.3 is 0 Å². The molecular weight excluding hydrogens is 202 g/mol. The van der Waals surface area contributed by atoms with Gasteiger partial charge in [-0.05, 0) is 25.6 Å². The molecule has 0 fully saturated rings. The monoisotopic (exact) mass is 213 g/mol. The van der Waals surface area contributed by atoms with Crippen LogP contribution < -0.4 is 10.6 Å². The van der Waals surface area contributed by atoms with Crippen LogP contribution in [0.4, 0.5) is 5.82 Å². The molecule has 0 unspecified atom stereocenters. The van der Waals surface area contributed by atoms with Crippen molar-refractivity contribution in [2.24, 2.45) is 0 Å². The highest BCUT2D eigenvalue weighted by atomic mass is 35.5. The summed E-state index contributed by atoms with van der Waals surface area (Å²) in [6.45, 7) is 2.11. The lowest BCUT2D eigenvalue weighted by Crippen LogP contribution is -2.25. The number of halogens is 1. The van der Waals surface area contributed by atoms with Crippen LogP contribution in [-0.4, -0.2) is 24.5 Å². The second-order valence-corrected chi connectivity index (χ2v) is 3.33. The Balaban J connectivity index is 2.72. The van der Waals surface area contributed by atoms with E-state index in [1.54, 1.807) is 13.1 Å². The lowest BCUT2D eigenvalue weighted by molar-refractivity contribution is -0.115. The van der Waals surface area contributed by atoms with Crippen LogP contribution in [0.2, 0.25) is 5.02 Å². The Kier molecular flexibility index (Phi) is 3.85. The summed E-state index contributed by atoms with van der Waals surface area (Å²) in [6, 6.07) is 1.75. The third-order valence-electron chi connectivity index (χ3n) is 1.64. The predicted molar refractivity (Wildman–Crippen MR) is 56.5 cm³/mol. The Morgan fingerprint density at radius 1 is 1.64 bits per heavy atom. The fourth-order valence-corrected chi connectivity index (χ4v) is 1.22. The minimum atomic E-state index is -0.120. The van der Waals surface area contributed by atoms with Crippen LogP contribution in [0.15, 0.2) is 12.3 Å². The number of hydrogen-bond acceptors (Lipinski definition) is 3. The van der Waals surface area contributed by atoms with Crippen LogP contribution in [0.25, 0.3) is 0 Å². The summed E-state index contributed by atoms with van der Waals surface area (Å²) in [5.74, 6) is 0.431. The van der Waals surface area contributed by atoms with Crippen molar-refractivity contribution in [1.82, 2.24) is 10.3 Å². The van der Waals surface area contributed by atoms with Crippen molar-refractivity contribution in [3.63, 3.8) is 0 Å². The SMILES string of the molecule is CNCC(=O)Nc1ncc(Cl)cc1C. The second-order valence-electron chi connectivity index (χ2n) is 2.90. The number of hydrogen-bond donors (Lipinski definition) is 2. The number of carbonyl (C=O) groups excluding carboxylic acids is 1. The number of amides is 1. The highest BCUT2D eigenvalue weighted by Gasteiger charge is 2.04. The van der Waals surface area contributed by atoms with E-state index in [1.165, 1.54) is 6.20 Å². The van der Waals surface area contributed by atoms with Crippen LogP contribution in [0.5, 0.6) is 0 Å². The smallest absolute Gasteiger partial charge is 0.239 e.